The number of hydrogen-bond acceptors (Lipinski definition) is 1. The molecule has 2 fully saturated rings. The highest BCUT2D eigenvalue weighted by molar-refractivity contribution is 5.03. The minimum absolute atomic E-state index is 0.706. The number of unbranched alkanes of at least 4 members (excludes halogenated alkanes) is 2. The van der Waals surface area contributed by atoms with Gasteiger partial charge in [-0.25, -0.2) is 0 Å². The van der Waals surface area contributed by atoms with Gasteiger partial charge in [0.1, 0.15) is 0 Å². The molecule has 0 bridgehead atoms. The van der Waals surface area contributed by atoms with Gasteiger partial charge in [0.25, 0.3) is 0 Å². The van der Waals surface area contributed by atoms with Crippen LogP contribution in [0.5, 0.6) is 0 Å². The third-order valence-corrected chi connectivity index (χ3v) is 4.32. The van der Waals surface area contributed by atoms with Crippen molar-refractivity contribution in [2.75, 3.05) is 13.6 Å². The SMILES string of the molecule is CCCCCC1(CNC)CC2CC2C1. The molecule has 0 aliphatic heterocycles. The lowest BCUT2D eigenvalue weighted by atomic mass is 9.78. The molecule has 2 aliphatic carbocycles. The van der Waals surface area contributed by atoms with Crippen molar-refractivity contribution < 1.29 is 0 Å². The quantitative estimate of drug-likeness (QED) is 0.642. The lowest BCUT2D eigenvalue weighted by Gasteiger charge is -2.30. The maximum Gasteiger partial charge on any atom is 0.000501 e. The smallest absolute Gasteiger partial charge is 0.000501 e. The van der Waals surface area contributed by atoms with Crippen LogP contribution in [0, 0.1) is 17.3 Å². The van der Waals surface area contributed by atoms with Crippen molar-refractivity contribution in [3.63, 3.8) is 0 Å². The number of hydrogen-bond donors (Lipinski definition) is 1. The Bertz CT molecular complexity index is 178. The molecule has 2 unspecified atom stereocenters. The molecule has 2 aliphatic rings. The molecule has 0 amide bonds. The fourth-order valence-electron chi connectivity index (χ4n) is 3.57. The van der Waals surface area contributed by atoms with Gasteiger partial charge >= 0.3 is 0 Å². The van der Waals surface area contributed by atoms with Crippen LogP contribution in [0.2, 0.25) is 0 Å². The number of rotatable bonds is 6. The van der Waals surface area contributed by atoms with Crippen molar-refractivity contribution in [1.29, 1.82) is 0 Å². The van der Waals surface area contributed by atoms with Gasteiger partial charge in [-0.3, -0.25) is 0 Å². The van der Waals surface area contributed by atoms with Crippen LogP contribution in [0.3, 0.4) is 0 Å². The molecule has 1 heteroatoms. The van der Waals surface area contributed by atoms with E-state index in [0.717, 1.165) is 11.8 Å². The largest absolute Gasteiger partial charge is 0.319 e. The van der Waals surface area contributed by atoms with E-state index in [-0.39, 0.29) is 0 Å². The van der Waals surface area contributed by atoms with E-state index in [9.17, 15) is 0 Å². The Balaban J connectivity index is 1.80. The number of nitrogens with one attached hydrogen (secondary N) is 1. The minimum Gasteiger partial charge on any atom is -0.319 e. The van der Waals surface area contributed by atoms with E-state index < -0.39 is 0 Å². The van der Waals surface area contributed by atoms with Crippen LogP contribution in [-0.4, -0.2) is 13.6 Å². The highest BCUT2D eigenvalue weighted by Crippen LogP contribution is 2.61. The monoisotopic (exact) mass is 195 g/mol. The second-order valence-electron chi connectivity index (χ2n) is 5.65. The molecule has 2 atom stereocenters. The highest BCUT2D eigenvalue weighted by Gasteiger charge is 2.52. The summed E-state index contributed by atoms with van der Waals surface area (Å²) in [4.78, 5) is 0. The molecule has 0 aromatic heterocycles. The summed E-state index contributed by atoms with van der Waals surface area (Å²) < 4.78 is 0. The van der Waals surface area contributed by atoms with Gasteiger partial charge in [-0.1, -0.05) is 26.2 Å². The van der Waals surface area contributed by atoms with E-state index in [4.69, 9.17) is 0 Å². The Morgan fingerprint density at radius 1 is 1.21 bits per heavy atom. The van der Waals surface area contributed by atoms with Crippen molar-refractivity contribution >= 4 is 0 Å². The Morgan fingerprint density at radius 2 is 1.93 bits per heavy atom. The zero-order valence-electron chi connectivity index (χ0n) is 9.81. The first kappa shape index (κ1) is 10.5. The van der Waals surface area contributed by atoms with Crippen LogP contribution in [0.25, 0.3) is 0 Å². The van der Waals surface area contributed by atoms with E-state index >= 15 is 0 Å². The molecule has 0 heterocycles. The first-order valence-corrected chi connectivity index (χ1v) is 6.44. The fourth-order valence-corrected chi connectivity index (χ4v) is 3.57. The maximum atomic E-state index is 3.42. The first-order valence-electron chi connectivity index (χ1n) is 6.44. The number of fused-ring (bicyclic) bond motifs is 1. The standard InChI is InChI=1S/C13H25N/c1-3-4-5-6-13(10-14-2)8-11-7-12(11)9-13/h11-12,14H,3-10H2,1-2H3. The first-order chi connectivity index (χ1) is 6.79. The van der Waals surface area contributed by atoms with Crippen molar-refractivity contribution in [2.45, 2.75) is 51.9 Å². The van der Waals surface area contributed by atoms with E-state index in [1.165, 1.54) is 45.1 Å². The van der Waals surface area contributed by atoms with Gasteiger partial charge in [-0.15, -0.1) is 0 Å². The predicted molar refractivity (Wildman–Crippen MR) is 61.3 cm³/mol. The summed E-state index contributed by atoms with van der Waals surface area (Å²) in [5.74, 6) is 2.26. The van der Waals surface area contributed by atoms with Gasteiger partial charge < -0.3 is 5.32 Å². The van der Waals surface area contributed by atoms with Crippen molar-refractivity contribution in [2.24, 2.45) is 17.3 Å². The van der Waals surface area contributed by atoms with Crippen LogP contribution >= 0.6 is 0 Å². The summed E-state index contributed by atoms with van der Waals surface area (Å²) in [6.45, 7) is 3.57. The second-order valence-corrected chi connectivity index (χ2v) is 5.65. The third kappa shape index (κ3) is 2.13. The molecule has 0 aromatic rings. The third-order valence-electron chi connectivity index (χ3n) is 4.32. The molecule has 2 rings (SSSR count). The van der Waals surface area contributed by atoms with Gasteiger partial charge in [0.05, 0.1) is 0 Å². The lowest BCUT2D eigenvalue weighted by Crippen LogP contribution is -2.31. The molecular weight excluding hydrogens is 170 g/mol. The van der Waals surface area contributed by atoms with E-state index in [0.29, 0.717) is 5.41 Å². The van der Waals surface area contributed by atoms with E-state index in [1.807, 2.05) is 0 Å². The summed E-state index contributed by atoms with van der Waals surface area (Å²) in [5.41, 5.74) is 0.706. The molecule has 0 spiro atoms. The van der Waals surface area contributed by atoms with Gasteiger partial charge in [0, 0.05) is 6.54 Å². The normalized spacial score (nSPS) is 39.9. The Hall–Kier alpha value is -0.0400. The average Bonchev–Trinajstić information content (AvgIpc) is 2.76. The Morgan fingerprint density at radius 3 is 2.50 bits per heavy atom. The maximum absolute atomic E-state index is 3.42. The molecule has 82 valence electrons. The topological polar surface area (TPSA) is 12.0 Å². The molecule has 0 radical (unpaired) electrons. The van der Waals surface area contributed by atoms with Gasteiger partial charge in [-0.2, -0.15) is 0 Å². The molecule has 14 heavy (non-hydrogen) atoms. The molecule has 0 saturated heterocycles. The highest BCUT2D eigenvalue weighted by atomic mass is 14.8. The van der Waals surface area contributed by atoms with Gasteiger partial charge in [-0.05, 0) is 50.0 Å². The summed E-state index contributed by atoms with van der Waals surface area (Å²) in [5, 5.41) is 3.42. The molecule has 2 saturated carbocycles. The van der Waals surface area contributed by atoms with E-state index in [2.05, 4.69) is 19.3 Å². The van der Waals surface area contributed by atoms with Gasteiger partial charge in [0.15, 0.2) is 0 Å². The van der Waals surface area contributed by atoms with Crippen LogP contribution in [0.15, 0.2) is 0 Å². The van der Waals surface area contributed by atoms with Crippen molar-refractivity contribution in [1.82, 2.24) is 5.32 Å². The zero-order valence-corrected chi connectivity index (χ0v) is 9.81. The summed E-state index contributed by atoms with van der Waals surface area (Å²) in [6.07, 6.45) is 10.3. The Kier molecular flexibility index (Phi) is 3.16. The molecule has 1 N–H and O–H groups in total. The van der Waals surface area contributed by atoms with Gasteiger partial charge in [0.2, 0.25) is 0 Å². The summed E-state index contributed by atoms with van der Waals surface area (Å²) in [6, 6.07) is 0. The molecule has 1 nitrogen and oxygen atoms in total. The summed E-state index contributed by atoms with van der Waals surface area (Å²) in [7, 11) is 2.12. The lowest BCUT2D eigenvalue weighted by molar-refractivity contribution is 0.228. The van der Waals surface area contributed by atoms with Crippen LogP contribution in [0.1, 0.15) is 51.9 Å². The zero-order chi connectivity index (χ0) is 10.0. The van der Waals surface area contributed by atoms with Crippen LogP contribution in [0.4, 0.5) is 0 Å². The fraction of sp³-hybridized carbons (Fsp3) is 1.00. The van der Waals surface area contributed by atoms with Crippen LogP contribution in [-0.2, 0) is 0 Å². The molecule has 0 aromatic carbocycles. The molecular formula is C13H25N. The Labute approximate surface area is 88.7 Å². The van der Waals surface area contributed by atoms with E-state index in [1.54, 1.807) is 6.42 Å². The van der Waals surface area contributed by atoms with Crippen LogP contribution < -0.4 is 5.32 Å². The summed E-state index contributed by atoms with van der Waals surface area (Å²) >= 11 is 0. The minimum atomic E-state index is 0.706. The predicted octanol–water partition coefficient (Wildman–Crippen LogP) is 3.20. The van der Waals surface area contributed by atoms with Crippen molar-refractivity contribution in [3.05, 3.63) is 0 Å². The van der Waals surface area contributed by atoms with Crippen molar-refractivity contribution in [3.8, 4) is 0 Å². The average molecular weight is 195 g/mol. The second kappa shape index (κ2) is 4.22.